The fourth-order valence-corrected chi connectivity index (χ4v) is 7.34. The van der Waals surface area contributed by atoms with Crippen LogP contribution in [0.2, 0.25) is 0 Å². The second kappa shape index (κ2) is 8.02. The first kappa shape index (κ1) is 22.5. The first-order valence-electron chi connectivity index (χ1n) is 10.8. The molecule has 2 fully saturated rings. The van der Waals surface area contributed by atoms with Gasteiger partial charge in [-0.1, -0.05) is 39.0 Å². The van der Waals surface area contributed by atoms with E-state index in [1.807, 2.05) is 6.07 Å². The maximum Gasteiger partial charge on any atom is 0.338 e. The molecule has 2 aliphatic rings. The number of sulfonamides is 1. The minimum atomic E-state index is -3.72. The van der Waals surface area contributed by atoms with Crippen molar-refractivity contribution >= 4 is 16.0 Å². The van der Waals surface area contributed by atoms with Gasteiger partial charge in [0.1, 0.15) is 6.61 Å². The van der Waals surface area contributed by atoms with Crippen molar-refractivity contribution in [3.8, 4) is 6.07 Å². The van der Waals surface area contributed by atoms with Gasteiger partial charge in [0, 0.05) is 12.6 Å². The average Bonchev–Trinajstić information content (AvgIpc) is 3.01. The number of hydrogen-bond donors (Lipinski definition) is 0. The second-order valence-electron chi connectivity index (χ2n) is 10.2. The topological polar surface area (TPSA) is 87.5 Å². The Morgan fingerprint density at radius 1 is 1.16 bits per heavy atom. The summed E-state index contributed by atoms with van der Waals surface area (Å²) in [5.74, 6) is -0.584. The van der Waals surface area contributed by atoms with Crippen molar-refractivity contribution < 1.29 is 17.9 Å². The number of carbonyl (C=O) groups is 1. The van der Waals surface area contributed by atoms with Gasteiger partial charge in [0.25, 0.3) is 0 Å². The van der Waals surface area contributed by atoms with Crippen LogP contribution >= 0.6 is 0 Å². The number of rotatable bonds is 5. The summed E-state index contributed by atoms with van der Waals surface area (Å²) in [5, 5.41) is 8.87. The van der Waals surface area contributed by atoms with Crippen LogP contribution in [0.4, 0.5) is 0 Å². The lowest BCUT2D eigenvalue weighted by Gasteiger charge is -2.39. The van der Waals surface area contributed by atoms with Gasteiger partial charge in [-0.2, -0.15) is 9.57 Å². The zero-order valence-electron chi connectivity index (χ0n) is 18.7. The van der Waals surface area contributed by atoms with Crippen LogP contribution < -0.4 is 0 Å². The Bertz CT molecular complexity index is 1180. The molecule has 2 aromatic carbocycles. The summed E-state index contributed by atoms with van der Waals surface area (Å²) in [6.07, 6.45) is 2.72. The highest BCUT2D eigenvalue weighted by Gasteiger charge is 2.53. The van der Waals surface area contributed by atoms with Crippen LogP contribution in [-0.2, 0) is 21.4 Å². The van der Waals surface area contributed by atoms with Crippen molar-refractivity contribution in [2.75, 3.05) is 6.54 Å². The number of nitriles is 1. The van der Waals surface area contributed by atoms with Crippen molar-refractivity contribution in [3.63, 3.8) is 0 Å². The van der Waals surface area contributed by atoms with Crippen molar-refractivity contribution in [2.45, 2.75) is 57.6 Å². The van der Waals surface area contributed by atoms with Gasteiger partial charge in [-0.3, -0.25) is 0 Å². The van der Waals surface area contributed by atoms with E-state index in [1.54, 1.807) is 46.8 Å². The molecule has 1 saturated carbocycles. The molecule has 0 N–H and O–H groups in total. The minimum Gasteiger partial charge on any atom is -0.457 e. The quantitative estimate of drug-likeness (QED) is 0.623. The normalized spacial score (nSPS) is 24.6. The third-order valence-corrected chi connectivity index (χ3v) is 8.39. The molecule has 2 atom stereocenters. The number of benzene rings is 2. The number of ether oxygens (including phenoxy) is 1. The Morgan fingerprint density at radius 2 is 1.88 bits per heavy atom. The highest BCUT2D eigenvalue weighted by atomic mass is 32.2. The van der Waals surface area contributed by atoms with Crippen LogP contribution in [0.1, 0.15) is 61.5 Å². The summed E-state index contributed by atoms with van der Waals surface area (Å²) in [6.45, 7) is 7.14. The number of carbonyl (C=O) groups excluding carboxylic acids is 1. The second-order valence-corrected chi connectivity index (χ2v) is 12.1. The summed E-state index contributed by atoms with van der Waals surface area (Å²) in [4.78, 5) is 12.7. The summed E-state index contributed by atoms with van der Waals surface area (Å²) < 4.78 is 34.0. The van der Waals surface area contributed by atoms with E-state index in [2.05, 4.69) is 20.8 Å². The monoisotopic (exact) mass is 452 g/mol. The standard InChI is InChI=1S/C25H28N2O4S/c1-24(2)12-21-13-25(3,16-24)17-27(21)32(29,30)22-6-4-5-20(11-22)23(28)31-15-19-9-7-18(14-26)8-10-19/h4-11,21H,12-13,15-17H2,1-3H3/t21-,25-/m0/s1. The maximum absolute atomic E-state index is 13.5. The first-order chi connectivity index (χ1) is 15.0. The fraction of sp³-hybridized carbons (Fsp3) is 0.440. The fourth-order valence-electron chi connectivity index (χ4n) is 5.52. The van der Waals surface area contributed by atoms with E-state index in [9.17, 15) is 13.2 Å². The Hall–Kier alpha value is -2.69. The van der Waals surface area contributed by atoms with Gasteiger partial charge < -0.3 is 4.74 Å². The smallest absolute Gasteiger partial charge is 0.338 e. The third-order valence-electron chi connectivity index (χ3n) is 6.50. The van der Waals surface area contributed by atoms with Crippen molar-refractivity contribution in [2.24, 2.45) is 10.8 Å². The Balaban J connectivity index is 1.50. The predicted molar refractivity (Wildman–Crippen MR) is 120 cm³/mol. The highest BCUT2D eigenvalue weighted by Crippen LogP contribution is 2.53. The molecule has 0 amide bonds. The van der Waals surface area contributed by atoms with Gasteiger partial charge in [0.2, 0.25) is 10.0 Å². The number of fused-ring (bicyclic) bond motifs is 2. The van der Waals surface area contributed by atoms with E-state index in [-0.39, 0.29) is 33.9 Å². The van der Waals surface area contributed by atoms with Crippen molar-refractivity contribution in [1.29, 1.82) is 5.26 Å². The van der Waals surface area contributed by atoms with Crippen molar-refractivity contribution in [3.05, 3.63) is 65.2 Å². The molecule has 1 saturated heterocycles. The van der Waals surface area contributed by atoms with Crippen LogP contribution in [0.15, 0.2) is 53.4 Å². The third kappa shape index (κ3) is 4.43. The molecule has 0 aromatic heterocycles. The van der Waals surface area contributed by atoms with E-state index in [0.29, 0.717) is 12.1 Å². The maximum atomic E-state index is 13.5. The lowest BCUT2D eigenvalue weighted by molar-refractivity contribution is 0.0472. The SMILES string of the molecule is CC1(C)C[C@H]2C[C@](C)(CN2S(=O)(=O)c2cccc(C(=O)OCc3ccc(C#N)cc3)c2)C1. The van der Waals surface area contributed by atoms with Crippen LogP contribution in [-0.4, -0.2) is 31.3 Å². The van der Waals surface area contributed by atoms with Crippen LogP contribution in [0.3, 0.4) is 0 Å². The van der Waals surface area contributed by atoms with Gasteiger partial charge in [-0.05, 0) is 66.0 Å². The molecule has 2 aromatic rings. The molecule has 32 heavy (non-hydrogen) atoms. The first-order valence-corrected chi connectivity index (χ1v) is 12.2. The molecule has 4 rings (SSSR count). The summed E-state index contributed by atoms with van der Waals surface area (Å²) in [7, 11) is -3.72. The van der Waals surface area contributed by atoms with Gasteiger partial charge >= 0.3 is 5.97 Å². The summed E-state index contributed by atoms with van der Waals surface area (Å²) in [6, 6.07) is 14.9. The van der Waals surface area contributed by atoms with Gasteiger partial charge in [-0.15, -0.1) is 0 Å². The van der Waals surface area contributed by atoms with Crippen molar-refractivity contribution in [1.82, 2.24) is 4.31 Å². The molecule has 0 unspecified atom stereocenters. The summed E-state index contributed by atoms with van der Waals surface area (Å²) in [5.41, 5.74) is 1.58. The van der Waals surface area contributed by atoms with E-state index in [1.165, 1.54) is 6.07 Å². The molecule has 1 aliphatic heterocycles. The summed E-state index contributed by atoms with van der Waals surface area (Å²) >= 11 is 0. The van der Waals surface area contributed by atoms with Crippen LogP contribution in [0.25, 0.3) is 0 Å². The predicted octanol–water partition coefficient (Wildman–Crippen LogP) is 4.50. The largest absolute Gasteiger partial charge is 0.457 e. The molecule has 2 bridgehead atoms. The molecular formula is C25H28N2O4S. The van der Waals surface area contributed by atoms with E-state index in [4.69, 9.17) is 10.00 Å². The molecule has 7 heteroatoms. The Labute approximate surface area is 189 Å². The lowest BCUT2D eigenvalue weighted by atomic mass is 9.65. The Morgan fingerprint density at radius 3 is 2.56 bits per heavy atom. The molecule has 1 aliphatic carbocycles. The van der Waals surface area contributed by atoms with Gasteiger partial charge in [-0.25, -0.2) is 13.2 Å². The number of hydrogen-bond acceptors (Lipinski definition) is 5. The average molecular weight is 453 g/mol. The molecular weight excluding hydrogens is 424 g/mol. The number of nitrogens with zero attached hydrogens (tertiary/aromatic N) is 2. The molecule has 1 heterocycles. The zero-order valence-corrected chi connectivity index (χ0v) is 19.5. The lowest BCUT2D eigenvalue weighted by Crippen LogP contribution is -2.37. The van der Waals surface area contributed by atoms with Gasteiger partial charge in [0.05, 0.1) is 22.1 Å². The van der Waals surface area contributed by atoms with Crippen LogP contribution in [0, 0.1) is 22.2 Å². The molecule has 6 nitrogen and oxygen atoms in total. The number of esters is 1. The van der Waals surface area contributed by atoms with E-state index in [0.717, 1.165) is 24.8 Å². The molecule has 0 spiro atoms. The molecule has 0 radical (unpaired) electrons. The van der Waals surface area contributed by atoms with E-state index < -0.39 is 16.0 Å². The van der Waals surface area contributed by atoms with E-state index >= 15 is 0 Å². The Kier molecular flexibility index (Phi) is 5.64. The molecule has 168 valence electrons. The highest BCUT2D eigenvalue weighted by molar-refractivity contribution is 7.89. The minimum absolute atomic E-state index is 0.0132. The zero-order chi connectivity index (χ0) is 23.1. The van der Waals surface area contributed by atoms with Gasteiger partial charge in [0.15, 0.2) is 0 Å². The van der Waals surface area contributed by atoms with Crippen LogP contribution in [0.5, 0.6) is 0 Å².